The Balaban J connectivity index is 0.000000197. The van der Waals surface area contributed by atoms with E-state index in [9.17, 15) is 39.0 Å². The fourth-order valence-electron chi connectivity index (χ4n) is 18.7. The van der Waals surface area contributed by atoms with Gasteiger partial charge >= 0.3 is 23.9 Å². The first kappa shape index (κ1) is 72.2. The van der Waals surface area contributed by atoms with Gasteiger partial charge in [0.15, 0.2) is 0 Å². The van der Waals surface area contributed by atoms with Gasteiger partial charge in [-0.3, -0.25) is 38.7 Å². The predicted molar refractivity (Wildman–Crippen MR) is 390 cm³/mol. The molecule has 8 aliphatic rings. The largest absolute Gasteiger partial charge is 0.480 e. The number of hydrogen-bond donors (Lipinski definition) is 2. The number of fused-ring (bicyclic) bond motifs is 10. The lowest BCUT2D eigenvalue weighted by Gasteiger charge is -2.57. The van der Waals surface area contributed by atoms with Crippen molar-refractivity contribution in [1.82, 2.24) is 19.8 Å². The first-order chi connectivity index (χ1) is 46.6. The number of pyridine rings is 2. The number of benzene rings is 2. The monoisotopic (exact) mass is 1390 g/mol. The first-order valence-corrected chi connectivity index (χ1v) is 40.0. The second-order valence-electron chi connectivity index (χ2n) is 29.6. The lowest BCUT2D eigenvalue weighted by Crippen LogP contribution is -2.50. The van der Waals surface area contributed by atoms with Crippen LogP contribution in [0.25, 0.3) is 11.1 Å². The van der Waals surface area contributed by atoms with Crippen LogP contribution >= 0.6 is 43.2 Å². The van der Waals surface area contributed by atoms with Crippen molar-refractivity contribution in [1.29, 1.82) is 0 Å². The Kier molecular flexibility index (Phi) is 23.9. The van der Waals surface area contributed by atoms with Crippen LogP contribution in [0, 0.1) is 57.2 Å². The average molecular weight is 1390 g/mol. The maximum atomic E-state index is 13.1. The van der Waals surface area contributed by atoms with E-state index in [1.54, 1.807) is 21.6 Å². The molecule has 97 heavy (non-hydrogen) atoms. The van der Waals surface area contributed by atoms with E-state index < -0.39 is 11.9 Å². The Bertz CT molecular complexity index is 3580. The van der Waals surface area contributed by atoms with Gasteiger partial charge in [-0.05, 0) is 180 Å². The average Bonchev–Trinajstić information content (AvgIpc) is 1.70. The molecule has 0 bridgehead atoms. The summed E-state index contributed by atoms with van der Waals surface area (Å²) < 4.78 is 12.1. The molecular formula is C79H98N4O10S4. The van der Waals surface area contributed by atoms with Gasteiger partial charge in [0.1, 0.15) is 31.1 Å². The first-order valence-electron chi connectivity index (χ1n) is 35.3. The van der Waals surface area contributed by atoms with Crippen LogP contribution in [0.2, 0.25) is 0 Å². The van der Waals surface area contributed by atoms with Gasteiger partial charge in [0.05, 0.1) is 6.42 Å². The molecule has 2 aromatic heterocycles. The zero-order chi connectivity index (χ0) is 68.5. The molecule has 0 saturated heterocycles. The van der Waals surface area contributed by atoms with Crippen LogP contribution in [0.5, 0.6) is 0 Å². The molecule has 2 aromatic carbocycles. The fraction of sp³-hybridized carbons (Fsp3) is 0.544. The predicted octanol–water partition coefficient (Wildman–Crippen LogP) is 16.8. The number of amides is 2. The zero-order valence-corrected chi connectivity index (χ0v) is 60.6. The Morgan fingerprint density at radius 2 is 0.979 bits per heavy atom. The molecule has 0 spiro atoms. The summed E-state index contributed by atoms with van der Waals surface area (Å²) in [4.78, 5) is 86.0. The zero-order valence-electron chi connectivity index (χ0n) is 57.3. The number of carboxylic acids is 2. The molecule has 14 nitrogen and oxygen atoms in total. The molecule has 518 valence electrons. The maximum absolute atomic E-state index is 13.1. The second kappa shape index (κ2) is 32.1. The van der Waals surface area contributed by atoms with E-state index in [4.69, 9.17) is 9.47 Å². The van der Waals surface area contributed by atoms with Gasteiger partial charge in [0, 0.05) is 79.8 Å². The van der Waals surface area contributed by atoms with E-state index in [2.05, 4.69) is 80.2 Å². The summed E-state index contributed by atoms with van der Waals surface area (Å²) in [5.74, 6) is 1.96. The highest BCUT2D eigenvalue weighted by atomic mass is 33.1. The standard InChI is InChI=1S/C41H52N2O5S2.C38H46N2O5S2/c1-27(21-37(44)43(26-38(45)46)25-29-9-6-5-7-10-29)49-50-28(2)22-39(47)48-32-16-18-40(3)31(23-32)12-13-33-35-15-14-34(30-11-8-20-42-24-30)41(35,4)19-17-36(33)40;1-37-17-14-29(45-36(44)25-47-46-20-16-34(41)40(24-35(42)43)23-26-7-4-3-5-8-26)21-28(37)10-11-30-32-13-12-31(27-9-6-19-39-22-27)38(32,2)18-15-33(30)37/h5-12,14,20,24,27-28,32-33,35-36H,13,15-19,21-23,25-26H2,1-4H3,(H,45,46);3-10,12,19,22,29-30,32-33H,11,13-18,20-21,23-25H2,1-2H3,(H,42,43)/t27?,28?,32-,33-,35-,36-,40-,41+;29-,30-,32-,33-,37-,38+/m00/s1. The lowest BCUT2D eigenvalue weighted by atomic mass is 9.47. The normalized spacial score (nSPS) is 29.5. The minimum atomic E-state index is -1.03. The number of aliphatic carboxylic acids is 2. The minimum Gasteiger partial charge on any atom is -0.480 e. The molecule has 2 unspecified atom stereocenters. The topological polar surface area (TPSA) is 194 Å². The van der Waals surface area contributed by atoms with Gasteiger partial charge in [0.25, 0.3) is 0 Å². The second-order valence-corrected chi connectivity index (χ2v) is 35.4. The van der Waals surface area contributed by atoms with E-state index in [-0.39, 0.29) is 113 Å². The molecule has 14 atom stereocenters. The minimum absolute atomic E-state index is 0.0288. The Hall–Kier alpha value is -6.08. The molecule has 4 fully saturated rings. The maximum Gasteiger partial charge on any atom is 0.323 e. The molecule has 8 aliphatic carbocycles. The molecule has 12 rings (SSSR count). The summed E-state index contributed by atoms with van der Waals surface area (Å²) in [6, 6.07) is 27.4. The third-order valence-electron chi connectivity index (χ3n) is 23.6. The number of carbonyl (C=O) groups excluding carboxylic acids is 4. The van der Waals surface area contributed by atoms with Gasteiger partial charge < -0.3 is 29.5 Å². The Morgan fingerprint density at radius 3 is 1.44 bits per heavy atom. The third kappa shape index (κ3) is 16.9. The smallest absolute Gasteiger partial charge is 0.323 e. The number of ether oxygens (including phenoxy) is 2. The summed E-state index contributed by atoms with van der Waals surface area (Å²) in [6.45, 7) is 13.8. The van der Waals surface area contributed by atoms with E-state index in [0.717, 1.165) is 75.3 Å². The summed E-state index contributed by atoms with van der Waals surface area (Å²) in [5, 5.41) is 18.6. The van der Waals surface area contributed by atoms with Crippen LogP contribution in [-0.4, -0.2) is 113 Å². The number of allylic oxidation sites excluding steroid dienone is 6. The molecule has 0 aliphatic heterocycles. The quantitative estimate of drug-likeness (QED) is 0.0275. The molecule has 4 aromatic rings. The summed E-state index contributed by atoms with van der Waals surface area (Å²) in [6.07, 6.45) is 33.5. The van der Waals surface area contributed by atoms with Crippen molar-refractivity contribution in [2.75, 3.05) is 24.6 Å². The van der Waals surface area contributed by atoms with E-state index >= 15 is 0 Å². The Labute approximate surface area is 590 Å². The summed E-state index contributed by atoms with van der Waals surface area (Å²) in [7, 11) is 6.01. The number of esters is 2. The highest BCUT2D eigenvalue weighted by molar-refractivity contribution is 8.77. The van der Waals surface area contributed by atoms with Gasteiger partial charge in [-0.2, -0.15) is 0 Å². The number of nitrogens with zero attached hydrogens (tertiary/aromatic N) is 4. The number of carbonyl (C=O) groups is 6. The number of hydrogen-bond acceptors (Lipinski definition) is 14. The van der Waals surface area contributed by atoms with Crippen LogP contribution in [0.4, 0.5) is 0 Å². The van der Waals surface area contributed by atoms with Crippen molar-refractivity contribution in [3.63, 3.8) is 0 Å². The fourth-order valence-corrected chi connectivity index (χ4v) is 22.8. The van der Waals surface area contributed by atoms with Crippen molar-refractivity contribution in [3.05, 3.63) is 167 Å². The van der Waals surface area contributed by atoms with Crippen LogP contribution in [0.3, 0.4) is 0 Å². The van der Waals surface area contributed by atoms with Crippen LogP contribution in [0.15, 0.2) is 145 Å². The number of aromatic nitrogens is 2. The van der Waals surface area contributed by atoms with Crippen LogP contribution in [0.1, 0.15) is 173 Å². The molecule has 0 radical (unpaired) electrons. The SMILES string of the molecule is CC(CC(=O)O[C@H]1CC[C@@]2(C)C(=CC[C@@H]3[C@@H]2CC[C@]2(C)C(c4cccnc4)=CC[C@@H]32)C1)SSC(C)CC(=O)N(CC(=O)O)Cc1ccccc1.C[C@]12CC[C@H](OC(=O)CSSCCC(=O)N(CC(=O)O)Cc3ccccc3)CC1=CC[C@@H]1[C@@H]2CC[C@]2(C)C(c3cccnc3)=CC[C@@H]12. The van der Waals surface area contributed by atoms with Crippen LogP contribution < -0.4 is 0 Å². The molecule has 4 saturated carbocycles. The van der Waals surface area contributed by atoms with E-state index in [1.807, 2.05) is 105 Å². The van der Waals surface area contributed by atoms with E-state index in [0.29, 0.717) is 47.7 Å². The molecule has 2 heterocycles. The Morgan fingerprint density at radius 1 is 0.526 bits per heavy atom. The van der Waals surface area contributed by atoms with E-state index in [1.165, 1.54) is 90.5 Å². The summed E-state index contributed by atoms with van der Waals surface area (Å²) >= 11 is 0. The van der Waals surface area contributed by atoms with Crippen molar-refractivity contribution in [3.8, 4) is 0 Å². The molecule has 2 N–H and O–H groups in total. The van der Waals surface area contributed by atoms with Crippen molar-refractivity contribution >= 4 is 90.0 Å². The molecule has 2 amide bonds. The van der Waals surface area contributed by atoms with Crippen molar-refractivity contribution in [2.45, 2.75) is 186 Å². The number of rotatable bonds is 25. The van der Waals surface area contributed by atoms with Crippen LogP contribution in [-0.2, 0) is 51.3 Å². The van der Waals surface area contributed by atoms with Crippen molar-refractivity contribution < 1.29 is 48.5 Å². The van der Waals surface area contributed by atoms with Gasteiger partial charge in [0.2, 0.25) is 11.8 Å². The van der Waals surface area contributed by atoms with Gasteiger partial charge in [-0.15, -0.1) is 0 Å². The highest BCUT2D eigenvalue weighted by Crippen LogP contribution is 2.68. The lowest BCUT2D eigenvalue weighted by molar-refractivity contribution is -0.151. The summed E-state index contributed by atoms with van der Waals surface area (Å²) in [5.41, 5.74) is 11.1. The molecular weight excluding hydrogens is 1290 g/mol. The van der Waals surface area contributed by atoms with Crippen molar-refractivity contribution in [2.24, 2.45) is 57.2 Å². The third-order valence-corrected chi connectivity index (χ3v) is 29.2. The van der Waals surface area contributed by atoms with Gasteiger partial charge in [-0.1, -0.05) is 193 Å². The van der Waals surface area contributed by atoms with Gasteiger partial charge in [-0.25, -0.2) is 0 Å². The molecule has 18 heteroatoms. The highest BCUT2D eigenvalue weighted by Gasteiger charge is 2.59. The number of carboxylic acid groups (broad SMARTS) is 2.